The lowest BCUT2D eigenvalue weighted by Gasteiger charge is -2.29. The van der Waals surface area contributed by atoms with E-state index in [2.05, 4.69) is 59.1 Å². The quantitative estimate of drug-likeness (QED) is 0.793. The van der Waals surface area contributed by atoms with Gasteiger partial charge in [-0.25, -0.2) is 4.68 Å². The summed E-state index contributed by atoms with van der Waals surface area (Å²) in [7, 11) is 0. The van der Waals surface area contributed by atoms with Gasteiger partial charge in [-0.2, -0.15) is 0 Å². The molecule has 148 valence electrons. The van der Waals surface area contributed by atoms with Gasteiger partial charge in [0.1, 0.15) is 0 Å². The van der Waals surface area contributed by atoms with Crippen LogP contribution in [-0.2, 0) is 5.41 Å². The highest BCUT2D eigenvalue weighted by molar-refractivity contribution is 5.92. The maximum Gasteiger partial charge on any atom is 0.273 e. The zero-order valence-corrected chi connectivity index (χ0v) is 17.1. The predicted molar refractivity (Wildman–Crippen MR) is 109 cm³/mol. The molecule has 0 aliphatic carbocycles. The fraction of sp³-hybridized carbons (Fsp3) is 0.550. The van der Waals surface area contributed by atoms with Crippen molar-refractivity contribution in [3.8, 4) is 0 Å². The monoisotopic (exact) mass is 391 g/mol. The Kier molecular flexibility index (Phi) is 7.39. The largest absolute Gasteiger partial charge is 0.348 e. The molecule has 0 saturated carbocycles. The number of nitrogens with one attached hydrogen (secondary N) is 2. The van der Waals surface area contributed by atoms with Crippen LogP contribution in [0.2, 0.25) is 0 Å². The zero-order valence-electron chi connectivity index (χ0n) is 16.3. The van der Waals surface area contributed by atoms with Gasteiger partial charge in [-0.05, 0) is 50.3 Å². The third-order valence-electron chi connectivity index (χ3n) is 5.17. The summed E-state index contributed by atoms with van der Waals surface area (Å²) in [5, 5.41) is 14.7. The van der Waals surface area contributed by atoms with Crippen molar-refractivity contribution in [2.75, 3.05) is 13.1 Å². The Morgan fingerprint density at radius 3 is 2.63 bits per heavy atom. The van der Waals surface area contributed by atoms with Crippen LogP contribution in [0.1, 0.15) is 62.1 Å². The Balaban J connectivity index is 0.00000261. The Hall–Kier alpha value is -1.92. The number of hydrogen-bond acceptors (Lipinski definition) is 4. The van der Waals surface area contributed by atoms with E-state index in [-0.39, 0.29) is 29.8 Å². The Morgan fingerprint density at radius 1 is 1.30 bits per heavy atom. The molecule has 3 rings (SSSR count). The molecule has 1 atom stereocenters. The zero-order chi connectivity index (χ0) is 18.6. The molecule has 1 unspecified atom stereocenters. The van der Waals surface area contributed by atoms with Crippen LogP contribution in [0, 0.1) is 0 Å². The van der Waals surface area contributed by atoms with Crippen molar-refractivity contribution in [2.24, 2.45) is 0 Å². The van der Waals surface area contributed by atoms with E-state index in [4.69, 9.17) is 0 Å². The van der Waals surface area contributed by atoms with Gasteiger partial charge in [0.05, 0.1) is 12.2 Å². The summed E-state index contributed by atoms with van der Waals surface area (Å²) in [6, 6.07) is 10.8. The summed E-state index contributed by atoms with van der Waals surface area (Å²) >= 11 is 0. The summed E-state index contributed by atoms with van der Waals surface area (Å²) in [4.78, 5) is 12.5. The minimum Gasteiger partial charge on any atom is -0.348 e. The first kappa shape index (κ1) is 21.4. The van der Waals surface area contributed by atoms with E-state index < -0.39 is 0 Å². The van der Waals surface area contributed by atoms with Crippen LogP contribution in [0.3, 0.4) is 0 Å². The number of nitrogens with zero attached hydrogens (tertiary/aromatic N) is 3. The summed E-state index contributed by atoms with van der Waals surface area (Å²) in [6.07, 6.45) is 4.67. The molecule has 2 aromatic rings. The number of carbonyl (C=O) groups is 1. The minimum atomic E-state index is -0.151. The molecule has 6 nitrogen and oxygen atoms in total. The molecule has 1 aliphatic heterocycles. The molecule has 0 radical (unpaired) electrons. The number of aromatic nitrogens is 3. The molecular weight excluding hydrogens is 362 g/mol. The number of benzene rings is 1. The van der Waals surface area contributed by atoms with E-state index in [1.54, 1.807) is 6.20 Å². The van der Waals surface area contributed by atoms with Crippen LogP contribution in [0.4, 0.5) is 0 Å². The first-order valence-electron chi connectivity index (χ1n) is 9.44. The van der Waals surface area contributed by atoms with E-state index in [1.807, 2.05) is 17.7 Å². The molecule has 1 fully saturated rings. The van der Waals surface area contributed by atoms with E-state index in [0.717, 1.165) is 32.4 Å². The molecule has 1 aromatic carbocycles. The molecule has 7 heteroatoms. The average Bonchev–Trinajstić information content (AvgIpc) is 3.13. The van der Waals surface area contributed by atoms with Crippen molar-refractivity contribution >= 4 is 18.3 Å². The Labute approximate surface area is 167 Å². The second kappa shape index (κ2) is 9.33. The highest BCUT2D eigenvalue weighted by Gasteiger charge is 2.25. The molecule has 0 bridgehead atoms. The first-order valence-corrected chi connectivity index (χ1v) is 9.44. The lowest BCUT2D eigenvalue weighted by molar-refractivity contribution is 0.0929. The topological polar surface area (TPSA) is 71.8 Å². The third kappa shape index (κ3) is 5.53. The SMILES string of the molecule is CC(CC(C)(C)c1ccccc1)NC(=O)c1cn(C2CCNCC2)nn1.Cl. The van der Waals surface area contributed by atoms with E-state index in [1.165, 1.54) is 5.56 Å². The lowest BCUT2D eigenvalue weighted by Crippen LogP contribution is -2.37. The van der Waals surface area contributed by atoms with Crippen molar-refractivity contribution in [1.82, 2.24) is 25.6 Å². The van der Waals surface area contributed by atoms with Gasteiger partial charge in [0, 0.05) is 6.04 Å². The standard InChI is InChI=1S/C20H29N5O.ClH/c1-15(13-20(2,3)16-7-5-4-6-8-16)22-19(26)18-14-25(24-23-18)17-9-11-21-12-10-17;/h4-8,14-15,17,21H,9-13H2,1-3H3,(H,22,26);1H. The van der Waals surface area contributed by atoms with Crippen LogP contribution in [0.15, 0.2) is 36.5 Å². The lowest BCUT2D eigenvalue weighted by atomic mass is 9.79. The van der Waals surface area contributed by atoms with Gasteiger partial charge in [0.15, 0.2) is 5.69 Å². The average molecular weight is 392 g/mol. The van der Waals surface area contributed by atoms with Crippen molar-refractivity contribution in [1.29, 1.82) is 0 Å². The molecule has 1 saturated heterocycles. The molecular formula is C20H30ClN5O. The normalized spacial score (nSPS) is 16.4. The number of rotatable bonds is 6. The number of carbonyl (C=O) groups excluding carboxylic acids is 1. The van der Waals surface area contributed by atoms with Gasteiger partial charge in [0.2, 0.25) is 0 Å². The summed E-state index contributed by atoms with van der Waals surface area (Å²) in [5.74, 6) is -0.151. The van der Waals surface area contributed by atoms with Gasteiger partial charge < -0.3 is 10.6 Å². The predicted octanol–water partition coefficient (Wildman–Crippen LogP) is 3.11. The highest BCUT2D eigenvalue weighted by atomic mass is 35.5. The van der Waals surface area contributed by atoms with Crippen molar-refractivity contribution in [3.05, 3.63) is 47.8 Å². The van der Waals surface area contributed by atoms with Crippen molar-refractivity contribution < 1.29 is 4.79 Å². The molecule has 0 spiro atoms. The van der Waals surface area contributed by atoms with E-state index >= 15 is 0 Å². The van der Waals surface area contributed by atoms with Gasteiger partial charge in [-0.3, -0.25) is 4.79 Å². The smallest absolute Gasteiger partial charge is 0.273 e. The van der Waals surface area contributed by atoms with Crippen LogP contribution in [-0.4, -0.2) is 40.0 Å². The van der Waals surface area contributed by atoms with E-state index in [9.17, 15) is 4.79 Å². The molecule has 2 N–H and O–H groups in total. The highest BCUT2D eigenvalue weighted by Crippen LogP contribution is 2.28. The maximum atomic E-state index is 12.5. The van der Waals surface area contributed by atoms with Crippen molar-refractivity contribution in [2.45, 2.75) is 57.5 Å². The fourth-order valence-corrected chi connectivity index (χ4v) is 3.75. The molecule has 1 amide bonds. The minimum absolute atomic E-state index is 0. The second-order valence-electron chi connectivity index (χ2n) is 7.89. The van der Waals surface area contributed by atoms with Gasteiger partial charge >= 0.3 is 0 Å². The Morgan fingerprint density at radius 2 is 1.96 bits per heavy atom. The third-order valence-corrected chi connectivity index (χ3v) is 5.17. The molecule has 27 heavy (non-hydrogen) atoms. The van der Waals surface area contributed by atoms with Gasteiger partial charge in [0.25, 0.3) is 5.91 Å². The molecule has 1 aromatic heterocycles. The number of halogens is 1. The first-order chi connectivity index (χ1) is 12.5. The number of piperidine rings is 1. The van der Waals surface area contributed by atoms with Crippen molar-refractivity contribution in [3.63, 3.8) is 0 Å². The van der Waals surface area contributed by atoms with Gasteiger partial charge in [-0.15, -0.1) is 17.5 Å². The van der Waals surface area contributed by atoms with Crippen LogP contribution >= 0.6 is 12.4 Å². The van der Waals surface area contributed by atoms with Crippen LogP contribution < -0.4 is 10.6 Å². The summed E-state index contributed by atoms with van der Waals surface area (Å²) in [5.41, 5.74) is 1.66. The molecule has 1 aliphatic rings. The van der Waals surface area contributed by atoms with E-state index in [0.29, 0.717) is 11.7 Å². The second-order valence-corrected chi connectivity index (χ2v) is 7.89. The summed E-state index contributed by atoms with van der Waals surface area (Å²) < 4.78 is 1.84. The Bertz CT molecular complexity index is 725. The number of hydrogen-bond donors (Lipinski definition) is 2. The summed E-state index contributed by atoms with van der Waals surface area (Å²) in [6.45, 7) is 8.42. The van der Waals surface area contributed by atoms with Crippen LogP contribution in [0.5, 0.6) is 0 Å². The van der Waals surface area contributed by atoms with Gasteiger partial charge in [-0.1, -0.05) is 49.4 Å². The number of amides is 1. The van der Waals surface area contributed by atoms with Crippen LogP contribution in [0.25, 0.3) is 0 Å². The fourth-order valence-electron chi connectivity index (χ4n) is 3.75. The molecule has 2 heterocycles. The maximum absolute atomic E-state index is 12.5.